The van der Waals surface area contributed by atoms with Crippen molar-refractivity contribution in [3.05, 3.63) is 71.5 Å². The van der Waals surface area contributed by atoms with E-state index >= 15 is 0 Å². The monoisotopic (exact) mass is 311 g/mol. The van der Waals surface area contributed by atoms with Crippen LogP contribution in [0.4, 0.5) is 4.39 Å². The molecular weight excluding hydrogens is 289 g/mol. The molecule has 1 atom stereocenters. The number of halogens is 1. The fraction of sp³-hybridized carbons (Fsp3) is 0.400. The molecule has 0 aliphatic carbocycles. The summed E-state index contributed by atoms with van der Waals surface area (Å²) in [6, 6.07) is 16.9. The van der Waals surface area contributed by atoms with Crippen LogP contribution in [-0.2, 0) is 6.42 Å². The molecule has 2 fully saturated rings. The van der Waals surface area contributed by atoms with E-state index in [4.69, 9.17) is 0 Å². The number of aliphatic hydroxyl groups excluding tert-OH is 1. The summed E-state index contributed by atoms with van der Waals surface area (Å²) in [4.78, 5) is 0. The maximum atomic E-state index is 13.5. The van der Waals surface area contributed by atoms with Gasteiger partial charge in [0, 0.05) is 11.1 Å². The molecule has 0 saturated carbocycles. The zero-order valence-electron chi connectivity index (χ0n) is 13.1. The topological polar surface area (TPSA) is 32.3 Å². The molecular formula is C20H22FNO. The standard InChI is InChI=1S/C20H22FNO/c21-17-8-4-7-16(13-17)18(23)20-11-9-19(22-20,10-12-20)14-15-5-2-1-3-6-15/h1-8,13,18,22-23H,9-12,14H2/t18-,19?,20?/m0/s1. The van der Waals surface area contributed by atoms with Crippen LogP contribution < -0.4 is 5.32 Å². The fourth-order valence-corrected chi connectivity index (χ4v) is 4.50. The molecule has 2 nitrogen and oxygen atoms in total. The SMILES string of the molecule is O[C@@H](c1cccc(F)c1)C12CCC(Cc3ccccc3)(CC1)N2. The summed E-state index contributed by atoms with van der Waals surface area (Å²) in [6.45, 7) is 0. The zero-order chi connectivity index (χ0) is 15.9. The van der Waals surface area contributed by atoms with E-state index in [1.807, 2.05) is 12.1 Å². The molecule has 2 saturated heterocycles. The molecule has 2 aliphatic heterocycles. The van der Waals surface area contributed by atoms with Crippen molar-refractivity contribution in [2.24, 2.45) is 0 Å². The van der Waals surface area contributed by atoms with Crippen LogP contribution in [0.3, 0.4) is 0 Å². The first kappa shape index (κ1) is 14.9. The Morgan fingerprint density at radius 3 is 2.43 bits per heavy atom. The number of rotatable bonds is 4. The number of nitrogens with one attached hydrogen (secondary N) is 1. The van der Waals surface area contributed by atoms with Crippen molar-refractivity contribution in [2.75, 3.05) is 0 Å². The van der Waals surface area contributed by atoms with Gasteiger partial charge >= 0.3 is 0 Å². The Balaban J connectivity index is 1.56. The first-order valence-corrected chi connectivity index (χ1v) is 8.38. The average molecular weight is 311 g/mol. The number of aliphatic hydroxyl groups is 1. The summed E-state index contributed by atoms with van der Waals surface area (Å²) in [5, 5.41) is 14.6. The molecule has 2 aromatic rings. The van der Waals surface area contributed by atoms with Crippen molar-refractivity contribution in [2.45, 2.75) is 49.3 Å². The quantitative estimate of drug-likeness (QED) is 0.901. The highest BCUT2D eigenvalue weighted by Crippen LogP contribution is 2.51. The molecule has 0 amide bonds. The number of benzene rings is 2. The van der Waals surface area contributed by atoms with Crippen LogP contribution in [0.1, 0.15) is 42.9 Å². The molecule has 2 aliphatic rings. The maximum absolute atomic E-state index is 13.5. The fourth-order valence-electron chi connectivity index (χ4n) is 4.50. The van der Waals surface area contributed by atoms with Gasteiger partial charge in [-0.05, 0) is 55.4 Å². The van der Waals surface area contributed by atoms with Crippen molar-refractivity contribution >= 4 is 0 Å². The molecule has 3 heteroatoms. The van der Waals surface area contributed by atoms with Gasteiger partial charge in [0.2, 0.25) is 0 Å². The average Bonchev–Trinajstić information content (AvgIpc) is 3.12. The lowest BCUT2D eigenvalue weighted by Gasteiger charge is -2.32. The van der Waals surface area contributed by atoms with Gasteiger partial charge in [0.15, 0.2) is 0 Å². The first-order valence-electron chi connectivity index (χ1n) is 8.38. The van der Waals surface area contributed by atoms with Crippen LogP contribution in [0.5, 0.6) is 0 Å². The molecule has 0 radical (unpaired) electrons. The Labute approximate surface area is 136 Å². The zero-order valence-corrected chi connectivity index (χ0v) is 13.1. The molecule has 0 aromatic heterocycles. The predicted molar refractivity (Wildman–Crippen MR) is 88.6 cm³/mol. The molecule has 2 bridgehead atoms. The minimum atomic E-state index is -0.654. The summed E-state index contributed by atoms with van der Waals surface area (Å²) in [7, 11) is 0. The van der Waals surface area contributed by atoms with Crippen molar-refractivity contribution in [1.82, 2.24) is 5.32 Å². The third kappa shape index (κ3) is 2.58. The van der Waals surface area contributed by atoms with Gasteiger partial charge in [-0.1, -0.05) is 42.5 Å². The lowest BCUT2D eigenvalue weighted by molar-refractivity contribution is 0.0734. The number of fused-ring (bicyclic) bond motifs is 2. The van der Waals surface area contributed by atoms with Crippen molar-refractivity contribution < 1.29 is 9.50 Å². The van der Waals surface area contributed by atoms with Crippen LogP contribution >= 0.6 is 0 Å². The van der Waals surface area contributed by atoms with E-state index in [9.17, 15) is 9.50 Å². The van der Waals surface area contributed by atoms with E-state index in [0.29, 0.717) is 5.56 Å². The number of hydrogen-bond donors (Lipinski definition) is 2. The maximum Gasteiger partial charge on any atom is 0.123 e. The highest BCUT2D eigenvalue weighted by molar-refractivity contribution is 5.29. The molecule has 0 spiro atoms. The summed E-state index contributed by atoms with van der Waals surface area (Å²) >= 11 is 0. The van der Waals surface area contributed by atoms with E-state index in [0.717, 1.165) is 32.1 Å². The second kappa shape index (κ2) is 5.43. The summed E-state index contributed by atoms with van der Waals surface area (Å²) < 4.78 is 13.5. The Bertz CT molecular complexity index is 692. The van der Waals surface area contributed by atoms with Crippen LogP contribution in [0.15, 0.2) is 54.6 Å². The Hall–Kier alpha value is -1.71. The van der Waals surface area contributed by atoms with E-state index in [1.54, 1.807) is 6.07 Å². The van der Waals surface area contributed by atoms with Crippen LogP contribution in [0, 0.1) is 5.82 Å². The van der Waals surface area contributed by atoms with Gasteiger partial charge in [0.05, 0.1) is 6.10 Å². The molecule has 120 valence electrons. The minimum absolute atomic E-state index is 0.0790. The van der Waals surface area contributed by atoms with Crippen LogP contribution in [0.2, 0.25) is 0 Å². The van der Waals surface area contributed by atoms with Gasteiger partial charge < -0.3 is 10.4 Å². The van der Waals surface area contributed by atoms with E-state index in [1.165, 1.54) is 17.7 Å². The lowest BCUT2D eigenvalue weighted by Crippen LogP contribution is -2.47. The third-order valence-corrected chi connectivity index (χ3v) is 5.69. The molecule has 2 aromatic carbocycles. The smallest absolute Gasteiger partial charge is 0.123 e. The van der Waals surface area contributed by atoms with Gasteiger partial charge in [-0.2, -0.15) is 0 Å². The van der Waals surface area contributed by atoms with Crippen LogP contribution in [0.25, 0.3) is 0 Å². The van der Waals surface area contributed by atoms with Gasteiger partial charge in [-0.15, -0.1) is 0 Å². The van der Waals surface area contributed by atoms with Crippen molar-refractivity contribution in [1.29, 1.82) is 0 Å². The minimum Gasteiger partial charge on any atom is -0.386 e. The molecule has 4 rings (SSSR count). The predicted octanol–water partition coefficient (Wildman–Crippen LogP) is 3.76. The highest BCUT2D eigenvalue weighted by Gasteiger charge is 2.56. The lowest BCUT2D eigenvalue weighted by atomic mass is 9.76. The second-order valence-electron chi connectivity index (χ2n) is 7.18. The van der Waals surface area contributed by atoms with Crippen LogP contribution in [-0.4, -0.2) is 16.2 Å². The molecule has 0 unspecified atom stereocenters. The Kier molecular flexibility index (Phi) is 3.51. The summed E-state index contributed by atoms with van der Waals surface area (Å²) in [6.07, 6.45) is 4.35. The van der Waals surface area contributed by atoms with Gasteiger partial charge in [0.1, 0.15) is 5.82 Å². The first-order chi connectivity index (χ1) is 11.1. The summed E-state index contributed by atoms with van der Waals surface area (Å²) in [5.74, 6) is -0.288. The Morgan fingerprint density at radius 1 is 1.00 bits per heavy atom. The molecule has 23 heavy (non-hydrogen) atoms. The summed E-state index contributed by atoms with van der Waals surface area (Å²) in [5.41, 5.74) is 1.78. The highest BCUT2D eigenvalue weighted by atomic mass is 19.1. The van der Waals surface area contributed by atoms with Gasteiger partial charge in [0.25, 0.3) is 0 Å². The van der Waals surface area contributed by atoms with E-state index in [2.05, 4.69) is 29.6 Å². The van der Waals surface area contributed by atoms with Gasteiger partial charge in [-0.3, -0.25) is 0 Å². The second-order valence-corrected chi connectivity index (χ2v) is 7.18. The molecule has 2 N–H and O–H groups in total. The van der Waals surface area contributed by atoms with Crippen molar-refractivity contribution in [3.63, 3.8) is 0 Å². The van der Waals surface area contributed by atoms with Crippen molar-refractivity contribution in [3.8, 4) is 0 Å². The van der Waals surface area contributed by atoms with E-state index < -0.39 is 6.10 Å². The molecule has 2 heterocycles. The van der Waals surface area contributed by atoms with Gasteiger partial charge in [-0.25, -0.2) is 4.39 Å². The number of hydrogen-bond acceptors (Lipinski definition) is 2. The normalized spacial score (nSPS) is 30.5. The Morgan fingerprint density at radius 2 is 1.74 bits per heavy atom. The third-order valence-electron chi connectivity index (χ3n) is 5.69. The van der Waals surface area contributed by atoms with E-state index in [-0.39, 0.29) is 16.9 Å². The largest absolute Gasteiger partial charge is 0.386 e.